The van der Waals surface area contributed by atoms with Gasteiger partial charge in [-0.15, -0.1) is 0 Å². The van der Waals surface area contributed by atoms with E-state index in [2.05, 4.69) is 57.3 Å². The van der Waals surface area contributed by atoms with Crippen LogP contribution in [-0.2, 0) is 0 Å². The van der Waals surface area contributed by atoms with E-state index in [4.69, 9.17) is 5.73 Å². The zero-order chi connectivity index (χ0) is 13.0. The number of anilines is 1. The van der Waals surface area contributed by atoms with Crippen LogP contribution in [0.4, 0.5) is 5.69 Å². The van der Waals surface area contributed by atoms with Crippen molar-refractivity contribution in [3.8, 4) is 0 Å². The predicted molar refractivity (Wildman–Crippen MR) is 80.9 cm³/mol. The Balaban J connectivity index is 2.03. The molecule has 2 rings (SSSR count). The molecule has 0 bridgehead atoms. The normalized spacial score (nSPS) is 19.7. The lowest BCUT2D eigenvalue weighted by Crippen LogP contribution is -2.53. The van der Waals surface area contributed by atoms with Crippen LogP contribution < -0.4 is 11.1 Å². The molecule has 0 amide bonds. The van der Waals surface area contributed by atoms with Gasteiger partial charge >= 0.3 is 0 Å². The molecule has 0 unspecified atom stereocenters. The maximum atomic E-state index is 6.01. The van der Waals surface area contributed by atoms with Crippen molar-refractivity contribution in [1.82, 2.24) is 4.90 Å². The van der Waals surface area contributed by atoms with Crippen molar-refractivity contribution in [2.45, 2.75) is 25.3 Å². The Morgan fingerprint density at radius 3 is 2.39 bits per heavy atom. The van der Waals surface area contributed by atoms with E-state index in [1.165, 1.54) is 0 Å². The Morgan fingerprint density at radius 2 is 1.89 bits per heavy atom. The summed E-state index contributed by atoms with van der Waals surface area (Å²) in [5.41, 5.74) is 7.24. The molecule has 1 aliphatic rings. The van der Waals surface area contributed by atoms with E-state index in [0.29, 0.717) is 6.54 Å². The number of hydrogen-bond acceptors (Lipinski definition) is 3. The summed E-state index contributed by atoms with van der Waals surface area (Å²) in [6, 6.07) is 8.34. The second-order valence-electron chi connectivity index (χ2n) is 5.05. The lowest BCUT2D eigenvalue weighted by atomic mass is 9.87. The van der Waals surface area contributed by atoms with Crippen LogP contribution in [0.3, 0.4) is 0 Å². The van der Waals surface area contributed by atoms with E-state index >= 15 is 0 Å². The Kier molecular flexibility index (Phi) is 4.65. The third kappa shape index (κ3) is 3.25. The summed E-state index contributed by atoms with van der Waals surface area (Å²) >= 11 is 3.46. The maximum absolute atomic E-state index is 6.01. The molecule has 18 heavy (non-hydrogen) atoms. The number of piperidine rings is 1. The van der Waals surface area contributed by atoms with Crippen LogP contribution in [0, 0.1) is 0 Å². The van der Waals surface area contributed by atoms with Crippen LogP contribution in [0.1, 0.15) is 19.8 Å². The van der Waals surface area contributed by atoms with Crippen molar-refractivity contribution in [2.75, 3.05) is 31.5 Å². The molecule has 1 aromatic carbocycles. The van der Waals surface area contributed by atoms with Crippen LogP contribution >= 0.6 is 15.9 Å². The van der Waals surface area contributed by atoms with E-state index in [1.807, 2.05) is 0 Å². The summed E-state index contributed by atoms with van der Waals surface area (Å²) in [4.78, 5) is 2.48. The van der Waals surface area contributed by atoms with Gasteiger partial charge in [-0.05, 0) is 43.7 Å². The highest BCUT2D eigenvalue weighted by Crippen LogP contribution is 2.26. The van der Waals surface area contributed by atoms with Gasteiger partial charge in [0, 0.05) is 29.8 Å². The average molecular weight is 312 g/mol. The molecule has 0 radical (unpaired) electrons. The number of rotatable bonds is 4. The van der Waals surface area contributed by atoms with Gasteiger partial charge < -0.3 is 16.0 Å². The average Bonchev–Trinajstić information content (AvgIpc) is 2.42. The highest BCUT2D eigenvalue weighted by atomic mass is 79.9. The van der Waals surface area contributed by atoms with Crippen LogP contribution in [0.25, 0.3) is 0 Å². The fourth-order valence-corrected chi connectivity index (χ4v) is 2.78. The Hall–Kier alpha value is -0.580. The minimum absolute atomic E-state index is 0.0689. The number of hydrogen-bond donors (Lipinski definition) is 2. The molecule has 1 aliphatic heterocycles. The molecular formula is C14H22BrN3. The van der Waals surface area contributed by atoms with Gasteiger partial charge in [0.25, 0.3) is 0 Å². The van der Waals surface area contributed by atoms with Gasteiger partial charge in [-0.2, -0.15) is 0 Å². The lowest BCUT2D eigenvalue weighted by molar-refractivity contribution is 0.184. The maximum Gasteiger partial charge on any atom is 0.0520 e. The van der Waals surface area contributed by atoms with Gasteiger partial charge in [0.15, 0.2) is 0 Å². The highest BCUT2D eigenvalue weighted by Gasteiger charge is 2.32. The van der Waals surface area contributed by atoms with Gasteiger partial charge in [-0.3, -0.25) is 0 Å². The molecule has 0 aliphatic carbocycles. The molecular weight excluding hydrogens is 290 g/mol. The zero-order valence-corrected chi connectivity index (χ0v) is 12.5. The molecule has 0 atom stereocenters. The van der Waals surface area contributed by atoms with Gasteiger partial charge in [0.05, 0.1) is 5.54 Å². The molecule has 4 heteroatoms. The second-order valence-corrected chi connectivity index (χ2v) is 5.97. The van der Waals surface area contributed by atoms with Crippen molar-refractivity contribution in [3.05, 3.63) is 28.7 Å². The fraction of sp³-hybridized carbons (Fsp3) is 0.571. The van der Waals surface area contributed by atoms with E-state index in [9.17, 15) is 0 Å². The van der Waals surface area contributed by atoms with Gasteiger partial charge in [0.2, 0.25) is 0 Å². The van der Waals surface area contributed by atoms with Crippen molar-refractivity contribution in [3.63, 3.8) is 0 Å². The van der Waals surface area contributed by atoms with Crippen molar-refractivity contribution in [2.24, 2.45) is 5.73 Å². The standard InChI is InChI=1S/C14H22BrN3/c1-2-18-9-7-14(11-16,8-10-18)17-13-5-3-12(15)4-6-13/h3-6,17H,2,7-11,16H2,1H3. The summed E-state index contributed by atoms with van der Waals surface area (Å²) in [6.07, 6.45) is 2.24. The van der Waals surface area contributed by atoms with E-state index in [0.717, 1.165) is 42.6 Å². The SMILES string of the molecule is CCN1CCC(CN)(Nc2ccc(Br)cc2)CC1. The minimum atomic E-state index is 0.0689. The quantitative estimate of drug-likeness (QED) is 0.898. The minimum Gasteiger partial charge on any atom is -0.378 e. The van der Waals surface area contributed by atoms with Crippen LogP contribution in [0.5, 0.6) is 0 Å². The number of likely N-dealkylation sites (tertiary alicyclic amines) is 1. The Labute approximate surface area is 118 Å². The fourth-order valence-electron chi connectivity index (χ4n) is 2.52. The number of nitrogens with two attached hydrogens (primary N) is 1. The van der Waals surface area contributed by atoms with Gasteiger partial charge in [0.1, 0.15) is 0 Å². The van der Waals surface area contributed by atoms with Crippen LogP contribution in [0.2, 0.25) is 0 Å². The van der Waals surface area contributed by atoms with Gasteiger partial charge in [-0.25, -0.2) is 0 Å². The monoisotopic (exact) mass is 311 g/mol. The first kappa shape index (κ1) is 13.8. The second kappa shape index (κ2) is 6.04. The molecule has 3 nitrogen and oxygen atoms in total. The molecule has 3 N–H and O–H groups in total. The topological polar surface area (TPSA) is 41.3 Å². The summed E-state index contributed by atoms with van der Waals surface area (Å²) in [6.45, 7) is 6.33. The largest absolute Gasteiger partial charge is 0.378 e. The molecule has 0 saturated carbocycles. The zero-order valence-electron chi connectivity index (χ0n) is 11.0. The summed E-state index contributed by atoms with van der Waals surface area (Å²) in [5, 5.41) is 3.64. The third-order valence-corrected chi connectivity index (χ3v) is 4.43. The summed E-state index contributed by atoms with van der Waals surface area (Å²) < 4.78 is 1.11. The lowest BCUT2D eigenvalue weighted by Gasteiger charge is -2.42. The van der Waals surface area contributed by atoms with Gasteiger partial charge in [-0.1, -0.05) is 22.9 Å². The summed E-state index contributed by atoms with van der Waals surface area (Å²) in [5.74, 6) is 0. The number of halogens is 1. The molecule has 1 fully saturated rings. The first-order chi connectivity index (χ1) is 8.67. The molecule has 1 aromatic rings. The van der Waals surface area contributed by atoms with Crippen molar-refractivity contribution >= 4 is 21.6 Å². The molecule has 1 heterocycles. The third-order valence-electron chi connectivity index (χ3n) is 3.90. The summed E-state index contributed by atoms with van der Waals surface area (Å²) in [7, 11) is 0. The number of nitrogens with zero attached hydrogens (tertiary/aromatic N) is 1. The highest BCUT2D eigenvalue weighted by molar-refractivity contribution is 9.10. The Morgan fingerprint density at radius 1 is 1.28 bits per heavy atom. The molecule has 0 spiro atoms. The molecule has 1 saturated heterocycles. The smallest absolute Gasteiger partial charge is 0.0520 e. The molecule has 0 aromatic heterocycles. The number of benzene rings is 1. The van der Waals surface area contributed by atoms with Crippen LogP contribution in [-0.4, -0.2) is 36.6 Å². The Bertz CT molecular complexity index is 369. The first-order valence-corrected chi connectivity index (χ1v) is 7.43. The predicted octanol–water partition coefficient (Wildman–Crippen LogP) is 2.67. The number of nitrogens with one attached hydrogen (secondary N) is 1. The van der Waals surface area contributed by atoms with Crippen molar-refractivity contribution in [1.29, 1.82) is 0 Å². The first-order valence-electron chi connectivity index (χ1n) is 6.64. The van der Waals surface area contributed by atoms with E-state index < -0.39 is 0 Å². The van der Waals surface area contributed by atoms with E-state index in [1.54, 1.807) is 0 Å². The van der Waals surface area contributed by atoms with Crippen LogP contribution in [0.15, 0.2) is 28.7 Å². The molecule has 100 valence electrons. The van der Waals surface area contributed by atoms with Crippen molar-refractivity contribution < 1.29 is 0 Å². The van der Waals surface area contributed by atoms with E-state index in [-0.39, 0.29) is 5.54 Å².